The van der Waals surface area contributed by atoms with Crippen molar-refractivity contribution in [1.82, 2.24) is 29.4 Å². The number of piperidine rings is 2. The Kier molecular flexibility index (Phi) is 25.3. The molecular formula is C53H110N6. The van der Waals surface area contributed by atoms with Gasteiger partial charge in [-0.3, -0.25) is 9.80 Å². The molecule has 0 aromatic heterocycles. The summed E-state index contributed by atoms with van der Waals surface area (Å²) in [6, 6.07) is 6.18. The molecule has 6 heteroatoms. The van der Waals surface area contributed by atoms with Crippen LogP contribution in [0.25, 0.3) is 0 Å². The Morgan fingerprint density at radius 1 is 0.271 bits per heavy atom. The minimum atomic E-state index is 0.740. The average Bonchev–Trinajstić information content (AvgIpc) is 4.01. The number of rotatable bonds is 10. The molecule has 6 rings (SSSR count). The summed E-state index contributed by atoms with van der Waals surface area (Å²) in [6.07, 6.45) is 9.89. The molecule has 6 saturated heterocycles. The summed E-state index contributed by atoms with van der Waals surface area (Å²) in [5, 5.41) is 0. The van der Waals surface area contributed by atoms with Crippen molar-refractivity contribution < 1.29 is 0 Å². The van der Waals surface area contributed by atoms with Crippen molar-refractivity contribution in [2.75, 3.05) is 65.4 Å². The Morgan fingerprint density at radius 3 is 0.678 bits per heavy atom. The van der Waals surface area contributed by atoms with Crippen LogP contribution in [0.4, 0.5) is 0 Å². The summed E-state index contributed by atoms with van der Waals surface area (Å²) in [6.45, 7) is 59.6. The highest BCUT2D eigenvalue weighted by atomic mass is 15.4. The van der Waals surface area contributed by atoms with E-state index in [1.165, 1.54) is 110 Å². The maximum Gasteiger partial charge on any atom is 0.0242 e. The SMILES string of the molecule is CC(C)C1CCN(C(C)C)CC1.CC(C)C1CCN(C(C)C)CC1.CC(C)N1C[C@@H]2C[C@H]1CN2C(C)C.CC(C)[C@@H]1CCN(C(C)C)C1.CC(C)[C@H]1CCN(C(C)C)C1. The molecule has 352 valence electrons. The van der Waals surface area contributed by atoms with Crippen LogP contribution in [0.1, 0.15) is 183 Å². The van der Waals surface area contributed by atoms with Gasteiger partial charge in [0.25, 0.3) is 0 Å². The van der Waals surface area contributed by atoms with E-state index >= 15 is 0 Å². The zero-order valence-corrected chi connectivity index (χ0v) is 43.9. The van der Waals surface area contributed by atoms with Crippen molar-refractivity contribution in [3.05, 3.63) is 0 Å². The monoisotopic (exact) mass is 831 g/mol. The Hall–Kier alpha value is -0.240. The number of fused-ring (bicyclic) bond motifs is 2. The largest absolute Gasteiger partial charge is 0.301 e. The summed E-state index contributed by atoms with van der Waals surface area (Å²) < 4.78 is 0. The van der Waals surface area contributed by atoms with Crippen LogP contribution in [0.3, 0.4) is 0 Å². The summed E-state index contributed by atoms with van der Waals surface area (Å²) in [4.78, 5) is 15.7. The Balaban J connectivity index is 0.000000255. The first-order chi connectivity index (χ1) is 27.5. The lowest BCUT2D eigenvalue weighted by Gasteiger charge is -2.38. The van der Waals surface area contributed by atoms with Crippen molar-refractivity contribution in [2.24, 2.45) is 47.3 Å². The highest BCUT2D eigenvalue weighted by molar-refractivity contribution is 5.01. The number of hydrogen-bond donors (Lipinski definition) is 0. The van der Waals surface area contributed by atoms with Gasteiger partial charge in [-0.15, -0.1) is 0 Å². The molecule has 4 atom stereocenters. The van der Waals surface area contributed by atoms with Crippen LogP contribution in [0.15, 0.2) is 0 Å². The lowest BCUT2D eigenvalue weighted by Crippen LogP contribution is -2.50. The number of piperazine rings is 1. The molecule has 6 heterocycles. The molecule has 0 aromatic carbocycles. The normalized spacial score (nSPS) is 27.2. The fraction of sp³-hybridized carbons (Fsp3) is 1.00. The second-order valence-corrected chi connectivity index (χ2v) is 23.3. The molecule has 6 nitrogen and oxygen atoms in total. The van der Waals surface area contributed by atoms with Gasteiger partial charge in [-0.1, -0.05) is 55.4 Å². The van der Waals surface area contributed by atoms with Gasteiger partial charge in [-0.2, -0.15) is 0 Å². The zero-order chi connectivity index (χ0) is 44.7. The first kappa shape index (κ1) is 54.9. The molecule has 59 heavy (non-hydrogen) atoms. The Bertz CT molecular complexity index is 908. The molecule has 0 unspecified atom stereocenters. The predicted octanol–water partition coefficient (Wildman–Crippen LogP) is 11.8. The lowest BCUT2D eigenvalue weighted by molar-refractivity contribution is 0.0849. The minimum Gasteiger partial charge on any atom is -0.301 e. The molecule has 0 spiro atoms. The molecular weight excluding hydrogens is 721 g/mol. The number of likely N-dealkylation sites (tertiary alicyclic amines) is 6. The highest BCUT2D eigenvalue weighted by Crippen LogP contribution is 2.33. The van der Waals surface area contributed by atoms with E-state index in [9.17, 15) is 0 Å². The quantitative estimate of drug-likeness (QED) is 0.217. The van der Waals surface area contributed by atoms with E-state index in [0.29, 0.717) is 0 Å². The van der Waals surface area contributed by atoms with E-state index in [0.717, 1.165) is 95.7 Å². The maximum atomic E-state index is 2.67. The van der Waals surface area contributed by atoms with Crippen LogP contribution in [0, 0.1) is 47.3 Å². The summed E-state index contributed by atoms with van der Waals surface area (Å²) >= 11 is 0. The summed E-state index contributed by atoms with van der Waals surface area (Å²) in [5.41, 5.74) is 0. The molecule has 2 bridgehead atoms. The van der Waals surface area contributed by atoms with Crippen molar-refractivity contribution in [3.63, 3.8) is 0 Å². The topological polar surface area (TPSA) is 19.4 Å². The van der Waals surface area contributed by atoms with Crippen molar-refractivity contribution in [1.29, 1.82) is 0 Å². The molecule has 0 aliphatic carbocycles. The van der Waals surface area contributed by atoms with Gasteiger partial charge in [0.1, 0.15) is 0 Å². The fourth-order valence-corrected chi connectivity index (χ4v) is 10.9. The Labute approximate surface area is 372 Å². The van der Waals surface area contributed by atoms with Gasteiger partial charge in [0.05, 0.1) is 0 Å². The fourth-order valence-electron chi connectivity index (χ4n) is 10.9. The van der Waals surface area contributed by atoms with Crippen LogP contribution < -0.4 is 0 Å². The van der Waals surface area contributed by atoms with Gasteiger partial charge in [-0.25, -0.2) is 0 Å². The molecule has 6 fully saturated rings. The predicted molar refractivity (Wildman–Crippen MR) is 264 cm³/mol. The van der Waals surface area contributed by atoms with Crippen molar-refractivity contribution in [2.45, 2.75) is 232 Å². The van der Waals surface area contributed by atoms with Gasteiger partial charge in [0.2, 0.25) is 0 Å². The summed E-state index contributed by atoms with van der Waals surface area (Å²) in [7, 11) is 0. The van der Waals surface area contributed by atoms with Gasteiger partial charge in [0.15, 0.2) is 0 Å². The van der Waals surface area contributed by atoms with E-state index in [4.69, 9.17) is 0 Å². The van der Waals surface area contributed by atoms with Crippen LogP contribution in [-0.4, -0.2) is 143 Å². The van der Waals surface area contributed by atoms with Gasteiger partial charge in [-0.05, 0) is 215 Å². The first-order valence-electron chi connectivity index (χ1n) is 26.0. The third-order valence-corrected chi connectivity index (χ3v) is 16.0. The van der Waals surface area contributed by atoms with Crippen LogP contribution >= 0.6 is 0 Å². The van der Waals surface area contributed by atoms with Gasteiger partial charge >= 0.3 is 0 Å². The maximum absolute atomic E-state index is 2.67. The molecule has 0 N–H and O–H groups in total. The number of nitrogens with zero attached hydrogens (tertiary/aromatic N) is 6. The van der Waals surface area contributed by atoms with Crippen LogP contribution in [0.5, 0.6) is 0 Å². The molecule has 0 amide bonds. The Morgan fingerprint density at radius 2 is 0.508 bits per heavy atom. The molecule has 6 aliphatic heterocycles. The molecule has 0 aromatic rings. The molecule has 6 aliphatic rings. The second-order valence-electron chi connectivity index (χ2n) is 23.3. The zero-order valence-electron chi connectivity index (χ0n) is 43.9. The average molecular weight is 832 g/mol. The summed E-state index contributed by atoms with van der Waals surface area (Å²) in [5.74, 6) is 7.41. The first-order valence-corrected chi connectivity index (χ1v) is 26.0. The van der Waals surface area contributed by atoms with E-state index in [1.54, 1.807) is 0 Å². The van der Waals surface area contributed by atoms with E-state index < -0.39 is 0 Å². The lowest BCUT2D eigenvalue weighted by atomic mass is 9.86. The minimum absolute atomic E-state index is 0.740. The number of hydrogen-bond acceptors (Lipinski definition) is 6. The van der Waals surface area contributed by atoms with E-state index in [1.807, 2.05) is 0 Å². The molecule has 0 saturated carbocycles. The van der Waals surface area contributed by atoms with Crippen LogP contribution in [0.2, 0.25) is 0 Å². The standard InChI is InChI=1S/C11H22N2.2C11H23N.2C10H21N/c1-8(2)12-6-11-5-10(12)7-13(11)9(3)4;2*1-9(2)11-5-7-12(8-6-11)10(3)4;2*1-8(2)10-5-6-11(7-10)9(3)4/h8-11H,5-7H2,1-4H3;2*9-11H,5-8H2,1-4H3;2*8-10H,5-7H2,1-4H3/t10-,11-;;;2*10-/m0..10/s1. The van der Waals surface area contributed by atoms with Crippen molar-refractivity contribution >= 4 is 0 Å². The van der Waals surface area contributed by atoms with E-state index in [-0.39, 0.29) is 0 Å². The smallest absolute Gasteiger partial charge is 0.0242 e. The molecule has 0 radical (unpaired) electrons. The highest BCUT2D eigenvalue weighted by Gasteiger charge is 2.44. The van der Waals surface area contributed by atoms with Crippen molar-refractivity contribution in [3.8, 4) is 0 Å². The second kappa shape index (κ2) is 27.2. The third-order valence-electron chi connectivity index (χ3n) is 16.0. The van der Waals surface area contributed by atoms with Crippen LogP contribution in [-0.2, 0) is 0 Å². The van der Waals surface area contributed by atoms with E-state index in [2.05, 4.69) is 168 Å². The van der Waals surface area contributed by atoms with Gasteiger partial charge in [0, 0.05) is 74.5 Å². The third kappa shape index (κ3) is 18.8. The van der Waals surface area contributed by atoms with Gasteiger partial charge < -0.3 is 19.6 Å².